The minimum absolute atomic E-state index is 0.702. The van der Waals surface area contributed by atoms with E-state index in [0.29, 0.717) is 6.04 Å². The summed E-state index contributed by atoms with van der Waals surface area (Å²) in [7, 11) is 0. The first-order valence-corrected chi connectivity index (χ1v) is 8.80. The van der Waals surface area contributed by atoms with Crippen molar-refractivity contribution >= 4 is 5.69 Å². The van der Waals surface area contributed by atoms with Crippen molar-refractivity contribution in [1.29, 1.82) is 0 Å². The Morgan fingerprint density at radius 1 is 1.10 bits per heavy atom. The van der Waals surface area contributed by atoms with Crippen molar-refractivity contribution in [2.24, 2.45) is 11.8 Å². The summed E-state index contributed by atoms with van der Waals surface area (Å²) >= 11 is 0. The third kappa shape index (κ3) is 3.60. The SMILES string of the molecule is CC1CCC(NCc2ccccc2N2CCCC2)C(C)C1. The van der Waals surface area contributed by atoms with Gasteiger partial charge in [0, 0.05) is 31.4 Å². The summed E-state index contributed by atoms with van der Waals surface area (Å²) in [6.45, 7) is 8.30. The lowest BCUT2D eigenvalue weighted by atomic mass is 9.80. The van der Waals surface area contributed by atoms with Gasteiger partial charge in [-0.3, -0.25) is 0 Å². The van der Waals surface area contributed by atoms with Gasteiger partial charge in [0.25, 0.3) is 0 Å². The van der Waals surface area contributed by atoms with E-state index in [1.807, 2.05) is 0 Å². The number of benzene rings is 1. The van der Waals surface area contributed by atoms with Crippen molar-refractivity contribution in [3.63, 3.8) is 0 Å². The highest BCUT2D eigenvalue weighted by Gasteiger charge is 2.25. The summed E-state index contributed by atoms with van der Waals surface area (Å²) in [6.07, 6.45) is 6.80. The first-order valence-electron chi connectivity index (χ1n) is 8.80. The summed E-state index contributed by atoms with van der Waals surface area (Å²) < 4.78 is 0. The van der Waals surface area contributed by atoms with Crippen LogP contribution in [0.5, 0.6) is 0 Å². The molecule has 2 aliphatic rings. The molecule has 2 heteroatoms. The molecule has 1 saturated heterocycles. The van der Waals surface area contributed by atoms with Gasteiger partial charge in [-0.2, -0.15) is 0 Å². The molecule has 1 saturated carbocycles. The third-order valence-corrected chi connectivity index (χ3v) is 5.42. The Labute approximate surface area is 129 Å². The Bertz CT molecular complexity index is 451. The molecule has 2 fully saturated rings. The van der Waals surface area contributed by atoms with Crippen LogP contribution in [0.15, 0.2) is 24.3 Å². The van der Waals surface area contributed by atoms with Gasteiger partial charge in [0.05, 0.1) is 0 Å². The smallest absolute Gasteiger partial charge is 0.0411 e. The fraction of sp³-hybridized carbons (Fsp3) is 0.684. The predicted octanol–water partition coefficient (Wildman–Crippen LogP) is 4.20. The largest absolute Gasteiger partial charge is 0.371 e. The number of hydrogen-bond acceptors (Lipinski definition) is 2. The molecule has 2 nitrogen and oxygen atoms in total. The minimum atomic E-state index is 0.702. The number of rotatable bonds is 4. The van der Waals surface area contributed by atoms with Crippen LogP contribution < -0.4 is 10.2 Å². The van der Waals surface area contributed by atoms with Crippen molar-refractivity contribution < 1.29 is 0 Å². The van der Waals surface area contributed by atoms with Gasteiger partial charge in [-0.15, -0.1) is 0 Å². The average molecular weight is 286 g/mol. The van der Waals surface area contributed by atoms with Crippen molar-refractivity contribution in [2.75, 3.05) is 18.0 Å². The number of nitrogens with one attached hydrogen (secondary N) is 1. The van der Waals surface area contributed by atoms with E-state index >= 15 is 0 Å². The molecule has 1 aromatic carbocycles. The molecule has 21 heavy (non-hydrogen) atoms. The van der Waals surface area contributed by atoms with Crippen LogP contribution in [0, 0.1) is 11.8 Å². The molecule has 1 N–H and O–H groups in total. The summed E-state index contributed by atoms with van der Waals surface area (Å²) in [4.78, 5) is 2.56. The Kier molecular flexibility index (Phi) is 4.84. The maximum atomic E-state index is 3.85. The summed E-state index contributed by atoms with van der Waals surface area (Å²) in [5.41, 5.74) is 2.93. The number of anilines is 1. The molecule has 3 unspecified atom stereocenters. The zero-order chi connectivity index (χ0) is 14.7. The molecule has 116 valence electrons. The zero-order valence-corrected chi connectivity index (χ0v) is 13.6. The van der Waals surface area contributed by atoms with Crippen molar-refractivity contribution in [2.45, 2.75) is 58.5 Å². The molecular formula is C19H30N2. The van der Waals surface area contributed by atoms with Gasteiger partial charge in [0.2, 0.25) is 0 Å². The van der Waals surface area contributed by atoms with E-state index in [-0.39, 0.29) is 0 Å². The van der Waals surface area contributed by atoms with E-state index in [2.05, 4.69) is 48.3 Å². The van der Waals surface area contributed by atoms with Gasteiger partial charge < -0.3 is 10.2 Å². The number of hydrogen-bond donors (Lipinski definition) is 1. The van der Waals surface area contributed by atoms with Crippen molar-refractivity contribution in [1.82, 2.24) is 5.32 Å². The lowest BCUT2D eigenvalue weighted by molar-refractivity contribution is 0.227. The van der Waals surface area contributed by atoms with Crippen molar-refractivity contribution in [3.05, 3.63) is 29.8 Å². The number of nitrogens with zero attached hydrogens (tertiary/aromatic N) is 1. The van der Waals surface area contributed by atoms with Crippen LogP contribution in [-0.2, 0) is 6.54 Å². The quantitative estimate of drug-likeness (QED) is 0.892. The highest BCUT2D eigenvalue weighted by Crippen LogP contribution is 2.30. The Balaban J connectivity index is 1.62. The van der Waals surface area contributed by atoms with Crippen LogP contribution in [0.2, 0.25) is 0 Å². The van der Waals surface area contributed by atoms with E-state index in [9.17, 15) is 0 Å². The maximum Gasteiger partial charge on any atom is 0.0411 e. The molecule has 0 spiro atoms. The third-order valence-electron chi connectivity index (χ3n) is 5.42. The highest BCUT2D eigenvalue weighted by atomic mass is 15.1. The molecule has 1 aromatic rings. The molecule has 1 heterocycles. The summed E-state index contributed by atoms with van der Waals surface area (Å²) in [5, 5.41) is 3.85. The van der Waals surface area contributed by atoms with Crippen molar-refractivity contribution in [3.8, 4) is 0 Å². The van der Waals surface area contributed by atoms with E-state index in [1.165, 1.54) is 56.4 Å². The second-order valence-electron chi connectivity index (χ2n) is 7.21. The van der Waals surface area contributed by atoms with Gasteiger partial charge in [-0.1, -0.05) is 32.0 Å². The molecule has 0 bridgehead atoms. The molecule has 1 aliphatic heterocycles. The first kappa shape index (κ1) is 14.9. The van der Waals surface area contributed by atoms with Gasteiger partial charge in [-0.05, 0) is 55.6 Å². The van der Waals surface area contributed by atoms with Crippen LogP contribution in [-0.4, -0.2) is 19.1 Å². The van der Waals surface area contributed by atoms with Gasteiger partial charge in [0.15, 0.2) is 0 Å². The fourth-order valence-electron chi connectivity index (χ4n) is 4.14. The molecule has 0 radical (unpaired) electrons. The maximum absolute atomic E-state index is 3.85. The number of para-hydroxylation sites is 1. The standard InChI is InChI=1S/C19H30N2/c1-15-9-10-18(16(2)13-15)20-14-17-7-3-4-8-19(17)21-11-5-6-12-21/h3-4,7-8,15-16,18,20H,5-6,9-14H2,1-2H3. The predicted molar refractivity (Wildman–Crippen MR) is 90.7 cm³/mol. The molecule has 3 rings (SSSR count). The van der Waals surface area contributed by atoms with E-state index in [0.717, 1.165) is 18.4 Å². The topological polar surface area (TPSA) is 15.3 Å². The van der Waals surface area contributed by atoms with E-state index in [4.69, 9.17) is 0 Å². The minimum Gasteiger partial charge on any atom is -0.371 e. The Morgan fingerprint density at radius 3 is 2.62 bits per heavy atom. The van der Waals surface area contributed by atoms with E-state index < -0.39 is 0 Å². The highest BCUT2D eigenvalue weighted by molar-refractivity contribution is 5.54. The van der Waals surface area contributed by atoms with Crippen LogP contribution in [0.4, 0.5) is 5.69 Å². The van der Waals surface area contributed by atoms with Gasteiger partial charge in [0.1, 0.15) is 0 Å². The van der Waals surface area contributed by atoms with Crippen LogP contribution in [0.1, 0.15) is 51.5 Å². The second-order valence-corrected chi connectivity index (χ2v) is 7.21. The Morgan fingerprint density at radius 2 is 1.86 bits per heavy atom. The summed E-state index contributed by atoms with van der Waals surface area (Å²) in [5.74, 6) is 1.72. The Hall–Kier alpha value is -1.02. The second kappa shape index (κ2) is 6.83. The molecule has 0 aromatic heterocycles. The lowest BCUT2D eigenvalue weighted by Crippen LogP contribution is -2.38. The molecule has 0 amide bonds. The van der Waals surface area contributed by atoms with Gasteiger partial charge in [-0.25, -0.2) is 0 Å². The lowest BCUT2D eigenvalue weighted by Gasteiger charge is -2.33. The van der Waals surface area contributed by atoms with Crippen LogP contribution in [0.25, 0.3) is 0 Å². The van der Waals surface area contributed by atoms with Crippen LogP contribution in [0.3, 0.4) is 0 Å². The molecule has 3 atom stereocenters. The molecule has 1 aliphatic carbocycles. The molecular weight excluding hydrogens is 256 g/mol. The first-order chi connectivity index (χ1) is 10.2. The summed E-state index contributed by atoms with van der Waals surface area (Å²) in [6, 6.07) is 9.67. The van der Waals surface area contributed by atoms with Crippen LogP contribution >= 0.6 is 0 Å². The van der Waals surface area contributed by atoms with E-state index in [1.54, 1.807) is 0 Å². The average Bonchev–Trinajstić information content (AvgIpc) is 3.01. The monoisotopic (exact) mass is 286 g/mol. The zero-order valence-electron chi connectivity index (χ0n) is 13.6. The normalized spacial score (nSPS) is 29.8. The van der Waals surface area contributed by atoms with Gasteiger partial charge >= 0.3 is 0 Å². The fourth-order valence-corrected chi connectivity index (χ4v) is 4.14.